The number of aromatic nitrogens is 1. The lowest BCUT2D eigenvalue weighted by atomic mass is 9.97. The van der Waals surface area contributed by atoms with Crippen LogP contribution < -0.4 is 20.1 Å². The third-order valence-electron chi connectivity index (χ3n) is 7.37. The second kappa shape index (κ2) is 15.5. The summed E-state index contributed by atoms with van der Waals surface area (Å²) in [5.74, 6) is 1.08. The van der Waals surface area contributed by atoms with Crippen LogP contribution in [-0.4, -0.2) is 95.1 Å². The summed E-state index contributed by atoms with van der Waals surface area (Å²) in [6, 6.07) is 10.6. The van der Waals surface area contributed by atoms with Gasteiger partial charge < -0.3 is 54.5 Å². The molecule has 240 valence electrons. The van der Waals surface area contributed by atoms with E-state index >= 15 is 0 Å². The molecule has 1 aromatic carbocycles. The second-order valence-corrected chi connectivity index (χ2v) is 12.2. The summed E-state index contributed by atoms with van der Waals surface area (Å²) in [4.78, 5) is 14.0. The number of carbonyl (C=O) groups excluding carboxylic acids is 1. The molecule has 13 nitrogen and oxygen atoms in total. The van der Waals surface area contributed by atoms with Gasteiger partial charge in [0, 0.05) is 18.4 Å². The largest absolute Gasteiger partial charge is 0.491 e. The van der Waals surface area contributed by atoms with Crippen LogP contribution in [0.5, 0.6) is 11.5 Å². The second-order valence-electron chi connectivity index (χ2n) is 10.5. The molecule has 5 rings (SSSR count). The van der Waals surface area contributed by atoms with Gasteiger partial charge in [0.2, 0.25) is 5.91 Å². The Morgan fingerprint density at radius 2 is 1.84 bits per heavy atom. The molecule has 2 saturated heterocycles. The first-order chi connectivity index (χ1) is 21.3. The van der Waals surface area contributed by atoms with Gasteiger partial charge in [-0.15, -0.1) is 11.3 Å². The van der Waals surface area contributed by atoms with Crippen molar-refractivity contribution in [3.05, 3.63) is 46.4 Å². The molecule has 6 N–H and O–H groups in total. The van der Waals surface area contributed by atoms with Gasteiger partial charge in [-0.2, -0.15) is 0 Å². The molecule has 1 amide bonds. The Morgan fingerprint density at radius 1 is 1.07 bits per heavy atom. The number of amides is 1. The Bertz CT molecular complexity index is 1360. The average molecular weight is 654 g/mol. The fourth-order valence-corrected chi connectivity index (χ4v) is 5.92. The van der Waals surface area contributed by atoms with Crippen molar-refractivity contribution in [3.8, 4) is 22.1 Å². The Hall–Kier alpha value is -2.79. The average Bonchev–Trinajstić information content (AvgIpc) is 3.70. The molecule has 0 unspecified atom stereocenters. The van der Waals surface area contributed by atoms with E-state index in [0.717, 1.165) is 30.8 Å². The van der Waals surface area contributed by atoms with Crippen LogP contribution in [0.2, 0.25) is 4.34 Å². The van der Waals surface area contributed by atoms with Gasteiger partial charge in [-0.25, -0.2) is 0 Å². The first-order valence-electron chi connectivity index (χ1n) is 14.4. The van der Waals surface area contributed by atoms with Crippen LogP contribution in [-0.2, 0) is 20.9 Å². The summed E-state index contributed by atoms with van der Waals surface area (Å²) in [7, 11) is 0. The van der Waals surface area contributed by atoms with E-state index in [4.69, 9.17) is 35.1 Å². The van der Waals surface area contributed by atoms with Crippen LogP contribution in [0.4, 0.5) is 5.69 Å². The van der Waals surface area contributed by atoms with Crippen LogP contribution in [0.1, 0.15) is 25.0 Å². The van der Waals surface area contributed by atoms with E-state index in [9.17, 15) is 25.2 Å². The number of rotatable bonds is 13. The molecule has 0 bridgehead atoms. The van der Waals surface area contributed by atoms with E-state index in [1.807, 2.05) is 6.07 Å². The lowest BCUT2D eigenvalue weighted by Crippen LogP contribution is -2.59. The molecule has 2 aromatic heterocycles. The number of aliphatic hydroxyl groups excluding tert-OH is 4. The number of benzene rings is 1. The van der Waals surface area contributed by atoms with E-state index < -0.39 is 37.3 Å². The van der Waals surface area contributed by atoms with Gasteiger partial charge in [-0.1, -0.05) is 22.8 Å². The number of nitrogens with zero attached hydrogens (tertiary/aromatic N) is 1. The third-order valence-corrected chi connectivity index (χ3v) is 8.62. The van der Waals surface area contributed by atoms with E-state index in [-0.39, 0.29) is 31.6 Å². The van der Waals surface area contributed by atoms with Crippen molar-refractivity contribution in [2.45, 2.75) is 56.6 Å². The van der Waals surface area contributed by atoms with Crippen molar-refractivity contribution in [3.63, 3.8) is 0 Å². The fourth-order valence-electron chi connectivity index (χ4n) is 4.92. The summed E-state index contributed by atoms with van der Waals surface area (Å²) in [5, 5.41) is 49.8. The predicted molar refractivity (Wildman–Crippen MR) is 160 cm³/mol. The van der Waals surface area contributed by atoms with Crippen molar-refractivity contribution in [1.29, 1.82) is 0 Å². The number of hydrogen-bond donors (Lipinski definition) is 6. The first-order valence-corrected chi connectivity index (χ1v) is 15.6. The Labute approximate surface area is 262 Å². The zero-order valence-corrected chi connectivity index (χ0v) is 25.3. The molecule has 4 heterocycles. The summed E-state index contributed by atoms with van der Waals surface area (Å²) >= 11 is 7.41. The van der Waals surface area contributed by atoms with Crippen molar-refractivity contribution in [1.82, 2.24) is 10.5 Å². The fraction of sp³-hybridized carbons (Fsp3) is 0.517. The number of para-hydroxylation sites is 1. The number of halogens is 1. The van der Waals surface area contributed by atoms with Gasteiger partial charge in [-0.05, 0) is 50.2 Å². The molecule has 3 aromatic rings. The quantitative estimate of drug-likeness (QED) is 0.148. The molecule has 2 aliphatic heterocycles. The molecule has 15 heteroatoms. The SMILES string of the molecule is O=C(Nc1c(OCCCO[C@@H]2O[C@H](CO)[C@@H](O)[C@H](O)[C@H]2O)cccc1OCc1cc(-c2ccc(Cl)s2)on1)C1CCNCC1. The number of nitrogens with one attached hydrogen (secondary N) is 2. The maximum atomic E-state index is 13.2. The zero-order chi connectivity index (χ0) is 31.1. The zero-order valence-electron chi connectivity index (χ0n) is 23.8. The summed E-state index contributed by atoms with van der Waals surface area (Å²) in [6.45, 7) is 1.32. The molecule has 0 radical (unpaired) electrons. The molecule has 2 fully saturated rings. The number of thiophene rings is 1. The Morgan fingerprint density at radius 3 is 2.57 bits per heavy atom. The van der Waals surface area contributed by atoms with Gasteiger partial charge in [0.1, 0.15) is 53.9 Å². The van der Waals surface area contributed by atoms with Crippen LogP contribution in [0.25, 0.3) is 10.6 Å². The van der Waals surface area contributed by atoms with Gasteiger partial charge in [-0.3, -0.25) is 4.79 Å². The normalized spacial score (nSPS) is 24.2. The van der Waals surface area contributed by atoms with E-state index in [0.29, 0.717) is 39.4 Å². The summed E-state index contributed by atoms with van der Waals surface area (Å²) in [6.07, 6.45) is -4.95. The number of piperidine rings is 1. The third kappa shape index (κ3) is 8.07. The van der Waals surface area contributed by atoms with Crippen LogP contribution in [0.15, 0.2) is 40.9 Å². The van der Waals surface area contributed by atoms with E-state index in [2.05, 4.69) is 15.8 Å². The molecule has 5 atom stereocenters. The van der Waals surface area contributed by atoms with Gasteiger partial charge in [0.15, 0.2) is 12.1 Å². The van der Waals surface area contributed by atoms with Gasteiger partial charge in [0.05, 0.1) is 29.0 Å². The summed E-state index contributed by atoms with van der Waals surface area (Å²) in [5.41, 5.74) is 0.941. The lowest BCUT2D eigenvalue weighted by molar-refractivity contribution is -0.301. The number of aliphatic hydroxyl groups is 4. The first kappa shape index (κ1) is 32.6. The lowest BCUT2D eigenvalue weighted by Gasteiger charge is -2.39. The van der Waals surface area contributed by atoms with Crippen molar-refractivity contribution in [2.24, 2.45) is 5.92 Å². The standard InChI is InChI=1S/C29H36ClN3O10S/c30-23-6-5-22(44-23)20-13-17(33-43-20)15-41-19-4-1-3-18(24(19)32-28(38)16-7-9-31-10-8-16)39-11-2-12-40-29-27(37)26(36)25(35)21(14-34)42-29/h1,3-6,13,16,21,25-27,29,31,34-37H,2,7-12,14-15H2,(H,32,38)/t21-,25-,26+,27-,29-/m1/s1. The minimum Gasteiger partial charge on any atom is -0.491 e. The maximum Gasteiger partial charge on any atom is 0.227 e. The van der Waals surface area contributed by atoms with Crippen molar-refractivity contribution in [2.75, 3.05) is 38.2 Å². The van der Waals surface area contributed by atoms with Gasteiger partial charge in [0.25, 0.3) is 0 Å². The van der Waals surface area contributed by atoms with E-state index in [1.54, 1.807) is 30.3 Å². The maximum absolute atomic E-state index is 13.2. The molecule has 0 spiro atoms. The predicted octanol–water partition coefficient (Wildman–Crippen LogP) is 2.16. The van der Waals surface area contributed by atoms with Crippen LogP contribution in [0, 0.1) is 5.92 Å². The molecule has 0 aliphatic carbocycles. The highest BCUT2D eigenvalue weighted by atomic mass is 35.5. The molecule has 0 saturated carbocycles. The monoisotopic (exact) mass is 653 g/mol. The molecule has 44 heavy (non-hydrogen) atoms. The van der Waals surface area contributed by atoms with Crippen LogP contribution in [0.3, 0.4) is 0 Å². The minimum absolute atomic E-state index is 0.0786. The molecule has 2 aliphatic rings. The topological polar surface area (TPSA) is 185 Å². The smallest absolute Gasteiger partial charge is 0.227 e. The van der Waals surface area contributed by atoms with E-state index in [1.165, 1.54) is 11.3 Å². The highest BCUT2D eigenvalue weighted by molar-refractivity contribution is 7.19. The van der Waals surface area contributed by atoms with Crippen molar-refractivity contribution < 1.29 is 48.7 Å². The Balaban J connectivity index is 1.21. The number of ether oxygens (including phenoxy) is 4. The molecular weight excluding hydrogens is 618 g/mol. The van der Waals surface area contributed by atoms with Crippen molar-refractivity contribution >= 4 is 34.5 Å². The Kier molecular flexibility index (Phi) is 11.5. The highest BCUT2D eigenvalue weighted by Gasteiger charge is 2.43. The number of hydrogen-bond acceptors (Lipinski definition) is 13. The van der Waals surface area contributed by atoms with Gasteiger partial charge >= 0.3 is 0 Å². The highest BCUT2D eigenvalue weighted by Crippen LogP contribution is 2.37. The number of carbonyl (C=O) groups is 1. The molecular formula is C29H36ClN3O10S. The summed E-state index contributed by atoms with van der Waals surface area (Å²) < 4.78 is 29.1. The minimum atomic E-state index is -1.52. The number of anilines is 1. The van der Waals surface area contributed by atoms with Crippen LogP contribution >= 0.6 is 22.9 Å².